The molecule has 0 radical (unpaired) electrons. The van der Waals surface area contributed by atoms with Crippen LogP contribution in [0.15, 0.2) is 35.7 Å². The summed E-state index contributed by atoms with van der Waals surface area (Å²) in [6.45, 7) is 2.30. The fourth-order valence-corrected chi connectivity index (χ4v) is 1.60. The predicted molar refractivity (Wildman–Crippen MR) is 69.2 cm³/mol. The molecule has 1 aromatic carbocycles. The van der Waals surface area contributed by atoms with Gasteiger partial charge in [0.1, 0.15) is 6.07 Å². The third-order valence-electron chi connectivity index (χ3n) is 2.62. The first-order chi connectivity index (χ1) is 9.26. The molecular weight excluding hydrogens is 244 g/mol. The second-order valence-corrected chi connectivity index (χ2v) is 4.03. The quantitative estimate of drug-likeness (QED) is 0.389. The number of benzene rings is 1. The SMILES string of the molecule is CCCCOC(=O)/C(C#N)=C1\Nc2ccccc2O1. The van der Waals surface area contributed by atoms with Gasteiger partial charge in [-0.05, 0) is 18.6 Å². The maximum absolute atomic E-state index is 11.8. The van der Waals surface area contributed by atoms with Crippen molar-refractivity contribution in [2.24, 2.45) is 0 Å². The number of ether oxygens (including phenoxy) is 2. The van der Waals surface area contributed by atoms with E-state index >= 15 is 0 Å². The smallest absolute Gasteiger partial charge is 0.354 e. The number of rotatable bonds is 4. The summed E-state index contributed by atoms with van der Waals surface area (Å²) in [4.78, 5) is 11.8. The van der Waals surface area contributed by atoms with Crippen molar-refractivity contribution in [2.45, 2.75) is 19.8 Å². The zero-order valence-corrected chi connectivity index (χ0v) is 10.6. The van der Waals surface area contributed by atoms with Crippen LogP contribution in [-0.2, 0) is 9.53 Å². The van der Waals surface area contributed by atoms with Gasteiger partial charge in [-0.15, -0.1) is 0 Å². The lowest BCUT2D eigenvalue weighted by atomic mass is 10.3. The van der Waals surface area contributed by atoms with Gasteiger partial charge in [0.05, 0.1) is 12.3 Å². The molecule has 2 rings (SSSR count). The van der Waals surface area contributed by atoms with Crippen molar-refractivity contribution < 1.29 is 14.3 Å². The molecule has 0 saturated carbocycles. The molecule has 0 unspecified atom stereocenters. The van der Waals surface area contributed by atoms with Gasteiger partial charge in [-0.25, -0.2) is 4.79 Å². The standard InChI is InChI=1S/C14H14N2O3/c1-2-3-8-18-14(17)10(9-15)13-16-11-6-4-5-7-12(11)19-13/h4-7,16H,2-3,8H2,1H3/b13-10+. The van der Waals surface area contributed by atoms with E-state index in [0.717, 1.165) is 18.5 Å². The first-order valence-electron chi connectivity index (χ1n) is 6.11. The third-order valence-corrected chi connectivity index (χ3v) is 2.62. The Kier molecular flexibility index (Phi) is 4.04. The molecule has 1 aliphatic rings. The largest absolute Gasteiger partial charge is 0.461 e. The third kappa shape index (κ3) is 2.86. The Bertz CT molecular complexity index is 531. The molecule has 1 heterocycles. The van der Waals surface area contributed by atoms with Crippen molar-refractivity contribution in [1.82, 2.24) is 0 Å². The van der Waals surface area contributed by atoms with E-state index in [2.05, 4.69) is 5.32 Å². The molecule has 0 fully saturated rings. The molecule has 0 atom stereocenters. The summed E-state index contributed by atoms with van der Waals surface area (Å²) in [5.41, 5.74) is 0.582. The maximum atomic E-state index is 11.8. The van der Waals surface area contributed by atoms with Crippen LogP contribution in [0, 0.1) is 11.3 Å². The van der Waals surface area contributed by atoms with Gasteiger partial charge in [0, 0.05) is 0 Å². The number of nitrogens with zero attached hydrogens (tertiary/aromatic N) is 1. The molecule has 98 valence electrons. The Morgan fingerprint density at radius 1 is 1.47 bits per heavy atom. The van der Waals surface area contributed by atoms with Gasteiger partial charge >= 0.3 is 5.97 Å². The molecule has 1 aliphatic heterocycles. The topological polar surface area (TPSA) is 71.4 Å². The first kappa shape index (κ1) is 13.0. The highest BCUT2D eigenvalue weighted by Crippen LogP contribution is 2.33. The number of anilines is 1. The van der Waals surface area contributed by atoms with Gasteiger partial charge < -0.3 is 14.8 Å². The van der Waals surface area contributed by atoms with E-state index in [1.807, 2.05) is 25.1 Å². The highest BCUT2D eigenvalue weighted by Gasteiger charge is 2.25. The van der Waals surface area contributed by atoms with Crippen molar-refractivity contribution in [1.29, 1.82) is 5.26 Å². The van der Waals surface area contributed by atoms with Crippen LogP contribution in [0.5, 0.6) is 5.75 Å². The monoisotopic (exact) mass is 258 g/mol. The number of fused-ring (bicyclic) bond motifs is 1. The number of hydrogen-bond acceptors (Lipinski definition) is 5. The van der Waals surface area contributed by atoms with Crippen molar-refractivity contribution in [3.05, 3.63) is 35.7 Å². The number of unbranched alkanes of at least 4 members (excludes halogenated alkanes) is 1. The van der Waals surface area contributed by atoms with Gasteiger partial charge in [-0.2, -0.15) is 5.26 Å². The number of nitrogens with one attached hydrogen (secondary N) is 1. The summed E-state index contributed by atoms with van der Waals surface area (Å²) in [6.07, 6.45) is 1.69. The number of nitriles is 1. The lowest BCUT2D eigenvalue weighted by Crippen LogP contribution is -2.14. The number of para-hydroxylation sites is 2. The van der Waals surface area contributed by atoms with Gasteiger partial charge in [0.25, 0.3) is 0 Å². The number of carbonyl (C=O) groups is 1. The van der Waals surface area contributed by atoms with E-state index in [4.69, 9.17) is 14.7 Å². The van der Waals surface area contributed by atoms with Crippen LogP contribution in [0.3, 0.4) is 0 Å². The minimum absolute atomic E-state index is 0.130. The van der Waals surface area contributed by atoms with Gasteiger partial charge in [-0.3, -0.25) is 0 Å². The molecular formula is C14H14N2O3. The van der Waals surface area contributed by atoms with E-state index in [1.54, 1.807) is 12.1 Å². The minimum atomic E-state index is -0.661. The highest BCUT2D eigenvalue weighted by atomic mass is 16.5. The second-order valence-electron chi connectivity index (χ2n) is 4.03. The predicted octanol–water partition coefficient (Wildman–Crippen LogP) is 2.57. The summed E-state index contributed by atoms with van der Waals surface area (Å²) in [5.74, 6) is 0.0584. The average Bonchev–Trinajstić information content (AvgIpc) is 2.83. The molecule has 0 aliphatic carbocycles. The molecule has 0 aromatic heterocycles. The Morgan fingerprint density at radius 3 is 2.95 bits per heavy atom. The number of esters is 1. The van der Waals surface area contributed by atoms with Crippen molar-refractivity contribution in [2.75, 3.05) is 11.9 Å². The fraction of sp³-hybridized carbons (Fsp3) is 0.286. The van der Waals surface area contributed by atoms with E-state index in [-0.39, 0.29) is 11.5 Å². The van der Waals surface area contributed by atoms with Crippen LogP contribution < -0.4 is 10.1 Å². The molecule has 19 heavy (non-hydrogen) atoms. The summed E-state index contributed by atoms with van der Waals surface area (Å²) < 4.78 is 10.4. The van der Waals surface area contributed by atoms with E-state index in [1.165, 1.54) is 0 Å². The summed E-state index contributed by atoms with van der Waals surface area (Å²) in [7, 11) is 0. The summed E-state index contributed by atoms with van der Waals surface area (Å²) in [6, 6.07) is 9.04. The zero-order chi connectivity index (χ0) is 13.7. The van der Waals surface area contributed by atoms with Crippen LogP contribution in [0.4, 0.5) is 5.69 Å². The van der Waals surface area contributed by atoms with Crippen molar-refractivity contribution in [3.63, 3.8) is 0 Å². The molecule has 5 heteroatoms. The first-order valence-corrected chi connectivity index (χ1v) is 6.11. The molecule has 0 bridgehead atoms. The van der Waals surface area contributed by atoms with Gasteiger partial charge in [-0.1, -0.05) is 25.5 Å². The van der Waals surface area contributed by atoms with Crippen molar-refractivity contribution in [3.8, 4) is 11.8 Å². The zero-order valence-electron chi connectivity index (χ0n) is 10.6. The lowest BCUT2D eigenvalue weighted by Gasteiger charge is -2.04. The normalized spacial score (nSPS) is 14.7. The molecule has 1 aromatic rings. The summed E-state index contributed by atoms with van der Waals surface area (Å²) in [5, 5.41) is 12.0. The van der Waals surface area contributed by atoms with Crippen LogP contribution in [-0.4, -0.2) is 12.6 Å². The van der Waals surface area contributed by atoms with E-state index < -0.39 is 5.97 Å². The molecule has 0 spiro atoms. The fourth-order valence-electron chi connectivity index (χ4n) is 1.60. The highest BCUT2D eigenvalue weighted by molar-refractivity contribution is 5.94. The number of carbonyl (C=O) groups excluding carboxylic acids is 1. The molecule has 5 nitrogen and oxygen atoms in total. The molecule has 0 amide bonds. The lowest BCUT2D eigenvalue weighted by molar-refractivity contribution is -0.138. The van der Waals surface area contributed by atoms with Gasteiger partial charge in [0.15, 0.2) is 11.3 Å². The minimum Gasteiger partial charge on any atom is -0.461 e. The van der Waals surface area contributed by atoms with Gasteiger partial charge in [0.2, 0.25) is 5.88 Å². The van der Waals surface area contributed by atoms with Crippen LogP contribution in [0.1, 0.15) is 19.8 Å². The number of hydrogen-bond donors (Lipinski definition) is 1. The Morgan fingerprint density at radius 2 is 2.26 bits per heavy atom. The molecule has 0 saturated heterocycles. The average molecular weight is 258 g/mol. The van der Waals surface area contributed by atoms with E-state index in [0.29, 0.717) is 12.4 Å². The Balaban J connectivity index is 2.13. The van der Waals surface area contributed by atoms with E-state index in [9.17, 15) is 4.79 Å². The van der Waals surface area contributed by atoms with Crippen molar-refractivity contribution >= 4 is 11.7 Å². The van der Waals surface area contributed by atoms with Crippen LogP contribution in [0.2, 0.25) is 0 Å². The maximum Gasteiger partial charge on any atom is 0.354 e. The molecule has 1 N–H and O–H groups in total. The second kappa shape index (κ2) is 5.91. The Hall–Kier alpha value is -2.48. The summed E-state index contributed by atoms with van der Waals surface area (Å²) >= 11 is 0. The Labute approximate surface area is 111 Å². The van der Waals surface area contributed by atoms with Crippen LogP contribution >= 0.6 is 0 Å². The van der Waals surface area contributed by atoms with Crippen LogP contribution in [0.25, 0.3) is 0 Å².